The number of benzene rings is 11. The zero-order chi connectivity index (χ0) is 40.0. The molecule has 1 unspecified atom stereocenters. The molecule has 1 atom stereocenters. The molecular weight excluding hydrogens is 761 g/mol. The fourth-order valence-electron chi connectivity index (χ4n) is 12.9. The number of hydrogen-bond acceptors (Lipinski definition) is 4. The van der Waals surface area contributed by atoms with E-state index in [0.29, 0.717) is 5.65 Å². The molecule has 6 nitrogen and oxygen atoms in total. The van der Waals surface area contributed by atoms with Gasteiger partial charge in [0.2, 0.25) is 0 Å². The molecular formula is C56H26N4O2. The third-order valence-corrected chi connectivity index (χ3v) is 15.2. The van der Waals surface area contributed by atoms with Crippen molar-refractivity contribution in [2.24, 2.45) is 0 Å². The van der Waals surface area contributed by atoms with E-state index < -0.39 is 0 Å². The van der Waals surface area contributed by atoms with Gasteiger partial charge >= 0.3 is 0 Å². The van der Waals surface area contributed by atoms with E-state index in [-0.39, 0.29) is 17.0 Å². The summed E-state index contributed by atoms with van der Waals surface area (Å²) in [7, 11) is 0. The lowest BCUT2D eigenvalue weighted by Crippen LogP contribution is -2.26. The molecule has 0 aliphatic heterocycles. The van der Waals surface area contributed by atoms with Crippen LogP contribution >= 0.6 is 0 Å². The van der Waals surface area contributed by atoms with E-state index in [1.807, 2.05) is 59.0 Å². The Morgan fingerprint density at radius 3 is 1.47 bits per heavy atom. The summed E-state index contributed by atoms with van der Waals surface area (Å²) in [6.45, 7) is 0. The molecule has 0 bridgehead atoms. The van der Waals surface area contributed by atoms with Gasteiger partial charge in [-0.05, 0) is 141 Å². The summed E-state index contributed by atoms with van der Waals surface area (Å²) in [5, 5.41) is 21.6. The van der Waals surface area contributed by atoms with Crippen molar-refractivity contribution in [2.75, 3.05) is 0 Å². The maximum absolute atomic E-state index is 14.3. The highest BCUT2D eigenvalue weighted by Gasteiger charge is 2.34. The molecule has 0 amide bonds. The fraction of sp³-hybridized carbons (Fsp3) is 0.0357. The minimum Gasteiger partial charge on any atom is -0.268 e. The zero-order valence-corrected chi connectivity index (χ0v) is 32.7. The first-order chi connectivity index (χ1) is 30.6. The largest absolute Gasteiger partial charge is 0.268 e. The van der Waals surface area contributed by atoms with Crippen LogP contribution in [0, 0.1) is 0 Å². The average Bonchev–Trinajstić information content (AvgIpc) is 3.91. The minimum absolute atomic E-state index is 0.00534. The van der Waals surface area contributed by atoms with Crippen LogP contribution in [0.25, 0.3) is 148 Å². The van der Waals surface area contributed by atoms with Gasteiger partial charge in [0.15, 0.2) is 0 Å². The summed E-state index contributed by atoms with van der Waals surface area (Å²) in [5.74, 6) is 0.128. The van der Waals surface area contributed by atoms with Crippen LogP contribution in [0.4, 0.5) is 0 Å². The number of nitrogens with zero attached hydrogens (tertiary/aromatic N) is 4. The molecule has 0 fully saturated rings. The Bertz CT molecular complexity index is 4820. The van der Waals surface area contributed by atoms with Crippen molar-refractivity contribution in [3.8, 4) is 11.1 Å². The van der Waals surface area contributed by atoms with Crippen molar-refractivity contribution < 1.29 is 0 Å². The molecule has 4 heterocycles. The van der Waals surface area contributed by atoms with Crippen LogP contribution in [0.1, 0.15) is 23.5 Å². The minimum atomic E-state index is -0.0286. The quantitative estimate of drug-likeness (QED) is 0.113. The van der Waals surface area contributed by atoms with Crippen LogP contribution in [0.15, 0.2) is 143 Å². The third-order valence-electron chi connectivity index (χ3n) is 15.2. The molecule has 4 aromatic heterocycles. The van der Waals surface area contributed by atoms with Gasteiger partial charge in [-0.2, -0.15) is 0 Å². The number of rotatable bonds is 0. The van der Waals surface area contributed by atoms with Crippen LogP contribution in [0.2, 0.25) is 0 Å². The maximum atomic E-state index is 14.3. The average molecular weight is 787 g/mol. The Balaban J connectivity index is 0.973. The number of para-hydroxylation sites is 4. The van der Waals surface area contributed by atoms with Gasteiger partial charge in [0.1, 0.15) is 11.3 Å². The Morgan fingerprint density at radius 1 is 0.403 bits per heavy atom. The first-order valence-corrected chi connectivity index (χ1v) is 21.4. The van der Waals surface area contributed by atoms with Crippen LogP contribution in [0.3, 0.4) is 0 Å². The highest BCUT2D eigenvalue weighted by Crippen LogP contribution is 2.55. The molecule has 62 heavy (non-hydrogen) atoms. The molecule has 282 valence electrons. The van der Waals surface area contributed by atoms with Crippen LogP contribution in [-0.2, 0) is 0 Å². The molecule has 2 aliphatic rings. The molecule has 2 aliphatic carbocycles. The number of pyridine rings is 2. The second-order valence-electron chi connectivity index (χ2n) is 17.7. The van der Waals surface area contributed by atoms with E-state index >= 15 is 0 Å². The van der Waals surface area contributed by atoms with Crippen LogP contribution in [-0.4, -0.2) is 18.8 Å². The fourth-order valence-corrected chi connectivity index (χ4v) is 12.9. The Kier molecular flexibility index (Phi) is 4.89. The SMILES string of the molecule is O=c1c2ccc3c4c2c(c2nc5ccccc5n12)=CCC4c1ccc2c4ccc5c6ccc7c(=O)n8c9ccccc9nc8c8ccc(c9ccc(c%10ccc-3c1c2%10)c4c59)c6c78. The lowest BCUT2D eigenvalue weighted by molar-refractivity contribution is 0.857. The molecule has 11 aromatic carbocycles. The van der Waals surface area contributed by atoms with Gasteiger partial charge in [0, 0.05) is 38.1 Å². The van der Waals surface area contributed by atoms with Crippen molar-refractivity contribution >= 4 is 136 Å². The third kappa shape index (κ3) is 3.15. The number of fused-ring (bicyclic) bond motifs is 14. The molecule has 6 heteroatoms. The van der Waals surface area contributed by atoms with Gasteiger partial charge in [0.05, 0.1) is 22.1 Å². The standard InChI is InChI=1S/C56H26N4O2/c61-55-39-23-19-35-31-15-11-27-26-10-14-30-34-18-22-38-52-40(56(62)60-44-8-4-2-6-42(44)58-54(38)60)24-20-36(50(34)52)32-16-12-28(46(26)48(30)32)25-9-13-29(47(31)45(25)27)33-17-21-37(51(39)49(33)35)53-57-41-5-1-3-7-43(41)59(53)55/h1-17,19-24,34H,18H2. The van der Waals surface area contributed by atoms with E-state index in [1.54, 1.807) is 4.40 Å². The van der Waals surface area contributed by atoms with Gasteiger partial charge < -0.3 is 0 Å². The molecule has 0 saturated carbocycles. The second kappa shape index (κ2) is 9.86. The summed E-state index contributed by atoms with van der Waals surface area (Å²) in [5.41, 5.74) is 9.82. The molecule has 0 saturated heterocycles. The second-order valence-corrected chi connectivity index (χ2v) is 17.7. The number of aromatic nitrogens is 4. The van der Waals surface area contributed by atoms with Gasteiger partial charge in [-0.15, -0.1) is 0 Å². The predicted molar refractivity (Wildman–Crippen MR) is 254 cm³/mol. The lowest BCUT2D eigenvalue weighted by atomic mass is 9.70. The monoisotopic (exact) mass is 786 g/mol. The van der Waals surface area contributed by atoms with Crippen LogP contribution in [0.5, 0.6) is 0 Å². The first-order valence-electron chi connectivity index (χ1n) is 21.4. The van der Waals surface area contributed by atoms with Gasteiger partial charge in [-0.25, -0.2) is 9.97 Å². The summed E-state index contributed by atoms with van der Waals surface area (Å²) >= 11 is 0. The van der Waals surface area contributed by atoms with E-state index in [2.05, 4.69) is 84.9 Å². The topological polar surface area (TPSA) is 68.7 Å². The molecule has 0 N–H and O–H groups in total. The predicted octanol–water partition coefficient (Wildman–Crippen LogP) is 11.7. The Labute approximate surface area is 347 Å². The van der Waals surface area contributed by atoms with E-state index in [9.17, 15) is 9.59 Å². The van der Waals surface area contributed by atoms with E-state index in [1.165, 1.54) is 76.1 Å². The van der Waals surface area contributed by atoms with Gasteiger partial charge in [-0.3, -0.25) is 18.4 Å². The Morgan fingerprint density at radius 2 is 0.839 bits per heavy atom. The summed E-state index contributed by atoms with van der Waals surface area (Å²) < 4.78 is 3.60. The van der Waals surface area contributed by atoms with Crippen LogP contribution < -0.4 is 16.3 Å². The van der Waals surface area contributed by atoms with Gasteiger partial charge in [-0.1, -0.05) is 97.1 Å². The zero-order valence-electron chi connectivity index (χ0n) is 32.7. The van der Waals surface area contributed by atoms with Crippen molar-refractivity contribution in [2.45, 2.75) is 12.3 Å². The smallest absolute Gasteiger partial charge is 0.264 e. The summed E-state index contributed by atoms with van der Waals surface area (Å²) in [6, 6.07) is 47.5. The van der Waals surface area contributed by atoms with E-state index in [0.717, 1.165) is 82.4 Å². The summed E-state index contributed by atoms with van der Waals surface area (Å²) in [6.07, 6.45) is 3.17. The highest BCUT2D eigenvalue weighted by molar-refractivity contribution is 6.44. The number of hydrogen-bond donors (Lipinski definition) is 0. The normalized spacial score (nSPS) is 15.1. The van der Waals surface area contributed by atoms with E-state index in [4.69, 9.17) is 9.97 Å². The highest BCUT2D eigenvalue weighted by atomic mass is 16.1. The Hall–Kier alpha value is -8.22. The van der Waals surface area contributed by atoms with Gasteiger partial charge in [0.25, 0.3) is 11.1 Å². The maximum Gasteiger partial charge on any atom is 0.264 e. The lowest BCUT2D eigenvalue weighted by Gasteiger charge is -2.32. The van der Waals surface area contributed by atoms with Crippen molar-refractivity contribution in [1.82, 2.24) is 18.8 Å². The van der Waals surface area contributed by atoms with Crippen molar-refractivity contribution in [1.29, 1.82) is 0 Å². The first kappa shape index (κ1) is 30.8. The molecule has 0 radical (unpaired) electrons. The summed E-state index contributed by atoms with van der Waals surface area (Å²) in [4.78, 5) is 38.7. The molecule has 15 aromatic rings. The molecule has 17 rings (SSSR count). The van der Waals surface area contributed by atoms with Crippen molar-refractivity contribution in [3.63, 3.8) is 0 Å². The van der Waals surface area contributed by atoms with Crippen molar-refractivity contribution in [3.05, 3.63) is 171 Å². The molecule has 0 spiro atoms. The number of imidazole rings is 2.